The Morgan fingerprint density at radius 1 is 0.941 bits per heavy atom. The van der Waals surface area contributed by atoms with Gasteiger partial charge in [0.05, 0.1) is 13.2 Å². The van der Waals surface area contributed by atoms with Gasteiger partial charge in [-0.1, -0.05) is 60.7 Å². The summed E-state index contributed by atoms with van der Waals surface area (Å²) in [6.45, 7) is 0.510. The Bertz CT molecular complexity index is 1380. The maximum atomic E-state index is 13.8. The van der Waals surface area contributed by atoms with E-state index >= 15 is 0 Å². The minimum Gasteiger partial charge on any atom is -0.497 e. The fourth-order valence-corrected chi connectivity index (χ4v) is 5.39. The number of aromatic amines is 1. The number of hydrogen-bond donors (Lipinski definition) is 1. The second-order valence-corrected chi connectivity index (χ2v) is 8.94. The van der Waals surface area contributed by atoms with E-state index in [0.29, 0.717) is 13.0 Å². The molecular formula is C28H25N3O3. The number of amides is 2. The van der Waals surface area contributed by atoms with Crippen molar-refractivity contribution in [2.75, 3.05) is 13.7 Å². The molecule has 2 amide bonds. The minimum atomic E-state index is -0.538. The Morgan fingerprint density at radius 2 is 1.68 bits per heavy atom. The summed E-state index contributed by atoms with van der Waals surface area (Å²) >= 11 is 0. The van der Waals surface area contributed by atoms with Gasteiger partial charge in [0.25, 0.3) is 0 Å². The smallest absolute Gasteiger partial charge is 0.246 e. The van der Waals surface area contributed by atoms with Crippen molar-refractivity contribution >= 4 is 22.7 Å². The number of methoxy groups -OCH3 is 1. The Hall–Kier alpha value is -4.06. The second-order valence-electron chi connectivity index (χ2n) is 8.94. The fourth-order valence-electron chi connectivity index (χ4n) is 5.39. The van der Waals surface area contributed by atoms with Gasteiger partial charge in [-0.25, -0.2) is 0 Å². The van der Waals surface area contributed by atoms with E-state index in [9.17, 15) is 9.59 Å². The van der Waals surface area contributed by atoms with Gasteiger partial charge in [0, 0.05) is 29.6 Å². The molecule has 0 aliphatic carbocycles. The molecule has 2 aliphatic heterocycles. The van der Waals surface area contributed by atoms with Gasteiger partial charge in [-0.05, 0) is 34.9 Å². The van der Waals surface area contributed by atoms with Crippen molar-refractivity contribution < 1.29 is 14.3 Å². The molecule has 2 atom stereocenters. The molecule has 6 rings (SSSR count). The number of piperazine rings is 1. The van der Waals surface area contributed by atoms with Crippen molar-refractivity contribution in [3.8, 4) is 5.75 Å². The number of H-pyrrole nitrogens is 1. The molecule has 1 saturated heterocycles. The van der Waals surface area contributed by atoms with Crippen LogP contribution in [0.1, 0.15) is 28.4 Å². The normalized spacial score (nSPS) is 19.8. The van der Waals surface area contributed by atoms with Crippen LogP contribution in [-0.2, 0) is 22.6 Å². The van der Waals surface area contributed by atoms with Gasteiger partial charge in [0.2, 0.25) is 11.8 Å². The molecule has 0 bridgehead atoms. The lowest BCUT2D eigenvalue weighted by Crippen LogP contribution is -2.62. The molecule has 1 fully saturated rings. The standard InChI is InChI=1S/C28H25N3O3/c1-34-20-13-11-19(12-14-20)27-26-22(21-9-5-6-10-23(21)29-26)15-24-28(33)30(17-25(32)31(24)27)16-18-7-3-2-4-8-18/h2-14,24,27,29H,15-17H2,1H3/t24-,27+/m1/s1. The Kier molecular flexibility index (Phi) is 4.87. The zero-order valence-electron chi connectivity index (χ0n) is 18.9. The quantitative estimate of drug-likeness (QED) is 0.509. The number of ether oxygens (including phenoxy) is 1. The summed E-state index contributed by atoms with van der Waals surface area (Å²) in [6.07, 6.45) is 0.502. The highest BCUT2D eigenvalue weighted by Gasteiger charge is 2.48. The zero-order chi connectivity index (χ0) is 23.2. The van der Waals surface area contributed by atoms with Crippen molar-refractivity contribution in [2.24, 2.45) is 0 Å². The van der Waals surface area contributed by atoms with Gasteiger partial charge in [-0.2, -0.15) is 0 Å². The van der Waals surface area contributed by atoms with Gasteiger partial charge >= 0.3 is 0 Å². The first-order valence-corrected chi connectivity index (χ1v) is 11.5. The first-order chi connectivity index (χ1) is 16.6. The SMILES string of the molecule is COc1ccc([C@H]2c3[nH]c4ccccc4c3C[C@@H]3C(=O)N(Cc4ccccc4)CC(=O)N23)cc1. The monoisotopic (exact) mass is 451 g/mol. The van der Waals surface area contributed by atoms with Crippen LogP contribution in [0.3, 0.4) is 0 Å². The maximum Gasteiger partial charge on any atom is 0.246 e. The lowest BCUT2D eigenvalue weighted by Gasteiger charge is -2.47. The molecule has 6 nitrogen and oxygen atoms in total. The van der Waals surface area contributed by atoms with Crippen LogP contribution in [0.15, 0.2) is 78.9 Å². The van der Waals surface area contributed by atoms with E-state index in [1.165, 1.54) is 0 Å². The molecule has 3 heterocycles. The Labute approximate surface area is 197 Å². The first kappa shape index (κ1) is 20.5. The highest BCUT2D eigenvalue weighted by atomic mass is 16.5. The molecule has 0 spiro atoms. The van der Waals surface area contributed by atoms with Crippen molar-refractivity contribution in [2.45, 2.75) is 25.0 Å². The molecular weight excluding hydrogens is 426 g/mol. The molecule has 34 heavy (non-hydrogen) atoms. The van der Waals surface area contributed by atoms with E-state index in [4.69, 9.17) is 4.74 Å². The van der Waals surface area contributed by atoms with E-state index in [-0.39, 0.29) is 24.4 Å². The Morgan fingerprint density at radius 3 is 2.44 bits per heavy atom. The number of para-hydroxylation sites is 1. The van der Waals surface area contributed by atoms with Crippen LogP contribution in [0, 0.1) is 0 Å². The summed E-state index contributed by atoms with van der Waals surface area (Å²) in [7, 11) is 1.63. The van der Waals surface area contributed by atoms with Gasteiger partial charge in [-0.15, -0.1) is 0 Å². The molecule has 1 N–H and O–H groups in total. The topological polar surface area (TPSA) is 65.6 Å². The first-order valence-electron chi connectivity index (χ1n) is 11.5. The van der Waals surface area contributed by atoms with Gasteiger partial charge in [0.1, 0.15) is 18.3 Å². The molecule has 3 aromatic carbocycles. The van der Waals surface area contributed by atoms with E-state index in [0.717, 1.165) is 39.0 Å². The minimum absolute atomic E-state index is 0.00195. The van der Waals surface area contributed by atoms with E-state index in [1.54, 1.807) is 16.9 Å². The van der Waals surface area contributed by atoms with Crippen LogP contribution in [0.5, 0.6) is 5.75 Å². The average molecular weight is 452 g/mol. The van der Waals surface area contributed by atoms with Crippen LogP contribution >= 0.6 is 0 Å². The van der Waals surface area contributed by atoms with Gasteiger partial charge < -0.3 is 19.5 Å². The molecule has 0 saturated carbocycles. The number of nitrogens with one attached hydrogen (secondary N) is 1. The highest BCUT2D eigenvalue weighted by Crippen LogP contribution is 2.42. The Balaban J connectivity index is 1.45. The summed E-state index contributed by atoms with van der Waals surface area (Å²) in [5.41, 5.74) is 5.09. The summed E-state index contributed by atoms with van der Waals surface area (Å²) < 4.78 is 5.34. The zero-order valence-corrected chi connectivity index (χ0v) is 18.9. The van der Waals surface area contributed by atoms with E-state index < -0.39 is 6.04 Å². The second kappa shape index (κ2) is 8.06. The number of nitrogens with zero attached hydrogens (tertiary/aromatic N) is 2. The van der Waals surface area contributed by atoms with E-state index in [2.05, 4.69) is 11.1 Å². The lowest BCUT2D eigenvalue weighted by molar-refractivity contribution is -0.159. The van der Waals surface area contributed by atoms with Crippen molar-refractivity contribution in [3.05, 3.63) is 101 Å². The van der Waals surface area contributed by atoms with Crippen LogP contribution in [-0.4, -0.2) is 46.3 Å². The number of carbonyl (C=O) groups excluding carboxylic acids is 2. The lowest BCUT2D eigenvalue weighted by atomic mass is 9.86. The van der Waals surface area contributed by atoms with Crippen molar-refractivity contribution in [1.82, 2.24) is 14.8 Å². The van der Waals surface area contributed by atoms with Crippen LogP contribution in [0.2, 0.25) is 0 Å². The van der Waals surface area contributed by atoms with Crippen molar-refractivity contribution in [1.29, 1.82) is 0 Å². The predicted molar refractivity (Wildman–Crippen MR) is 129 cm³/mol. The number of rotatable bonds is 4. The molecule has 170 valence electrons. The van der Waals surface area contributed by atoms with Gasteiger partial charge in [-0.3, -0.25) is 9.59 Å². The highest BCUT2D eigenvalue weighted by molar-refractivity contribution is 5.97. The number of fused-ring (bicyclic) bond motifs is 4. The summed E-state index contributed by atoms with van der Waals surface area (Å²) in [6, 6.07) is 24.9. The molecule has 6 heteroatoms. The van der Waals surface area contributed by atoms with Crippen LogP contribution < -0.4 is 4.74 Å². The van der Waals surface area contributed by atoms with Crippen LogP contribution in [0.25, 0.3) is 10.9 Å². The molecule has 0 radical (unpaired) electrons. The number of benzene rings is 3. The average Bonchev–Trinajstić information content (AvgIpc) is 3.25. The number of aromatic nitrogens is 1. The van der Waals surface area contributed by atoms with Gasteiger partial charge in [0.15, 0.2) is 0 Å². The summed E-state index contributed by atoms with van der Waals surface area (Å²) in [5, 5.41) is 1.11. The number of hydrogen-bond acceptors (Lipinski definition) is 3. The molecule has 4 aromatic rings. The largest absolute Gasteiger partial charge is 0.497 e. The van der Waals surface area contributed by atoms with Crippen LogP contribution in [0.4, 0.5) is 0 Å². The third-order valence-electron chi connectivity index (χ3n) is 6.99. The maximum absolute atomic E-state index is 13.8. The summed E-state index contributed by atoms with van der Waals surface area (Å²) in [5.74, 6) is 0.714. The van der Waals surface area contributed by atoms with Crippen molar-refractivity contribution in [3.63, 3.8) is 0 Å². The summed E-state index contributed by atoms with van der Waals surface area (Å²) in [4.78, 5) is 34.4. The number of carbonyl (C=O) groups is 2. The molecule has 1 aromatic heterocycles. The molecule has 2 aliphatic rings. The molecule has 0 unspecified atom stereocenters. The third-order valence-corrected chi connectivity index (χ3v) is 6.99. The predicted octanol–water partition coefficient (Wildman–Crippen LogP) is 4.06. The fraction of sp³-hybridized carbons (Fsp3) is 0.214. The van der Waals surface area contributed by atoms with E-state index in [1.807, 2.05) is 72.8 Å². The third kappa shape index (κ3) is 3.25.